The van der Waals surface area contributed by atoms with Crippen LogP contribution in [0.1, 0.15) is 38.2 Å². The van der Waals surface area contributed by atoms with Crippen LogP contribution in [0.5, 0.6) is 11.5 Å². The number of carbonyl (C=O) groups excluding carboxylic acids is 2. The van der Waals surface area contributed by atoms with Crippen molar-refractivity contribution in [2.45, 2.75) is 32.6 Å². The van der Waals surface area contributed by atoms with Crippen molar-refractivity contribution in [1.82, 2.24) is 9.97 Å². The maximum atomic E-state index is 13.2. The van der Waals surface area contributed by atoms with E-state index in [1.165, 1.54) is 14.2 Å². The predicted octanol–water partition coefficient (Wildman–Crippen LogP) is 2.33. The Balaban J connectivity index is 1.65. The summed E-state index contributed by atoms with van der Waals surface area (Å²) in [6, 6.07) is 4.98. The van der Waals surface area contributed by atoms with Gasteiger partial charge in [-0.3, -0.25) is 19.4 Å². The zero-order chi connectivity index (χ0) is 23.7. The summed E-state index contributed by atoms with van der Waals surface area (Å²) in [6.45, 7) is 5.85. The Bertz CT molecular complexity index is 1120. The first-order valence-electron chi connectivity index (χ1n) is 11.0. The third-order valence-electron chi connectivity index (χ3n) is 6.09. The molecule has 10 nitrogen and oxygen atoms in total. The molecule has 3 N–H and O–H groups in total. The molecule has 2 aliphatic rings. The van der Waals surface area contributed by atoms with Gasteiger partial charge in [-0.25, -0.2) is 0 Å². The van der Waals surface area contributed by atoms with Crippen LogP contribution in [-0.2, 0) is 9.59 Å². The zero-order valence-electron chi connectivity index (χ0n) is 19.2. The average Bonchev–Trinajstić information content (AvgIpc) is 2.77. The SMILES string of the molecule is COc1ccc(OC)c(NC(=O)[C@@H]2CC(=O)Nc3nc(N4C[C@H](C)C[C@@H](C)C4)[nH]c(=O)c32)c1. The van der Waals surface area contributed by atoms with Crippen LogP contribution in [0.3, 0.4) is 0 Å². The molecule has 3 atom stereocenters. The average molecular weight is 456 g/mol. The number of nitrogens with zero attached hydrogens (tertiary/aromatic N) is 2. The first-order valence-corrected chi connectivity index (χ1v) is 11.0. The molecule has 0 aliphatic carbocycles. The van der Waals surface area contributed by atoms with Crippen molar-refractivity contribution in [3.05, 3.63) is 34.1 Å². The highest BCUT2D eigenvalue weighted by Gasteiger charge is 2.36. The number of hydrogen-bond donors (Lipinski definition) is 3. The van der Waals surface area contributed by atoms with E-state index >= 15 is 0 Å². The van der Waals surface area contributed by atoms with Crippen molar-refractivity contribution in [3.8, 4) is 11.5 Å². The number of anilines is 3. The number of nitrogens with one attached hydrogen (secondary N) is 3. The molecule has 0 spiro atoms. The van der Waals surface area contributed by atoms with Crippen molar-refractivity contribution in [2.75, 3.05) is 42.8 Å². The highest BCUT2D eigenvalue weighted by Crippen LogP contribution is 2.34. The number of ether oxygens (including phenoxy) is 2. The smallest absolute Gasteiger partial charge is 0.258 e. The maximum Gasteiger partial charge on any atom is 0.258 e. The van der Waals surface area contributed by atoms with Crippen LogP contribution < -0.4 is 30.6 Å². The number of piperidine rings is 1. The van der Waals surface area contributed by atoms with Gasteiger partial charge < -0.3 is 25.0 Å². The Morgan fingerprint density at radius 1 is 1.15 bits per heavy atom. The number of fused-ring (bicyclic) bond motifs is 1. The lowest BCUT2D eigenvalue weighted by Gasteiger charge is -2.35. The molecule has 2 amide bonds. The number of H-pyrrole nitrogens is 1. The van der Waals surface area contributed by atoms with Gasteiger partial charge in [-0.2, -0.15) is 4.98 Å². The summed E-state index contributed by atoms with van der Waals surface area (Å²) < 4.78 is 10.5. The number of aromatic nitrogens is 2. The molecule has 1 aromatic carbocycles. The van der Waals surface area contributed by atoms with E-state index in [1.807, 2.05) is 4.90 Å². The summed E-state index contributed by atoms with van der Waals surface area (Å²) in [6.07, 6.45) is 0.950. The van der Waals surface area contributed by atoms with Crippen molar-refractivity contribution in [2.24, 2.45) is 11.8 Å². The Morgan fingerprint density at radius 2 is 1.88 bits per heavy atom. The summed E-state index contributed by atoms with van der Waals surface area (Å²) in [7, 11) is 3.00. The minimum Gasteiger partial charge on any atom is -0.497 e. The van der Waals surface area contributed by atoms with Gasteiger partial charge in [0.2, 0.25) is 17.8 Å². The largest absolute Gasteiger partial charge is 0.497 e. The van der Waals surface area contributed by atoms with E-state index in [9.17, 15) is 14.4 Å². The fourth-order valence-electron chi connectivity index (χ4n) is 4.70. The Kier molecular flexibility index (Phi) is 6.26. The molecule has 3 heterocycles. The van der Waals surface area contributed by atoms with Crippen LogP contribution >= 0.6 is 0 Å². The predicted molar refractivity (Wildman–Crippen MR) is 124 cm³/mol. The maximum absolute atomic E-state index is 13.2. The van der Waals surface area contributed by atoms with E-state index < -0.39 is 17.4 Å². The molecule has 0 unspecified atom stereocenters. The third kappa shape index (κ3) is 4.64. The molecule has 2 aliphatic heterocycles. The van der Waals surface area contributed by atoms with Crippen molar-refractivity contribution < 1.29 is 19.1 Å². The van der Waals surface area contributed by atoms with Gasteiger partial charge >= 0.3 is 0 Å². The molecule has 0 saturated carbocycles. The van der Waals surface area contributed by atoms with Crippen molar-refractivity contribution in [1.29, 1.82) is 0 Å². The highest BCUT2D eigenvalue weighted by atomic mass is 16.5. The van der Waals surface area contributed by atoms with Crippen molar-refractivity contribution >= 4 is 29.3 Å². The molecule has 1 aromatic heterocycles. The monoisotopic (exact) mass is 455 g/mol. The van der Waals surface area contributed by atoms with Gasteiger partial charge in [-0.05, 0) is 30.4 Å². The lowest BCUT2D eigenvalue weighted by Crippen LogP contribution is -2.42. The second-order valence-corrected chi connectivity index (χ2v) is 8.86. The fourth-order valence-corrected chi connectivity index (χ4v) is 4.70. The van der Waals surface area contributed by atoms with E-state index in [4.69, 9.17) is 9.47 Å². The van der Waals surface area contributed by atoms with Crippen LogP contribution in [-0.4, -0.2) is 49.1 Å². The number of amides is 2. The number of benzene rings is 1. The first kappa shape index (κ1) is 22.6. The number of rotatable bonds is 5. The molecule has 33 heavy (non-hydrogen) atoms. The molecular weight excluding hydrogens is 426 g/mol. The molecule has 2 aromatic rings. The number of methoxy groups -OCH3 is 2. The molecule has 0 bridgehead atoms. The minimum absolute atomic E-state index is 0.133. The lowest BCUT2D eigenvalue weighted by atomic mass is 9.91. The van der Waals surface area contributed by atoms with E-state index in [1.54, 1.807) is 18.2 Å². The molecule has 0 radical (unpaired) electrons. The van der Waals surface area contributed by atoms with Gasteiger partial charge in [-0.1, -0.05) is 13.8 Å². The van der Waals surface area contributed by atoms with Crippen LogP contribution in [0.15, 0.2) is 23.0 Å². The second-order valence-electron chi connectivity index (χ2n) is 8.86. The molecule has 176 valence electrons. The summed E-state index contributed by atoms with van der Waals surface area (Å²) in [4.78, 5) is 48.1. The minimum atomic E-state index is -0.992. The number of carbonyl (C=O) groups is 2. The van der Waals surface area contributed by atoms with Gasteiger partial charge in [0.25, 0.3) is 5.56 Å². The molecular formula is C23H29N5O5. The van der Waals surface area contributed by atoms with E-state index in [2.05, 4.69) is 34.4 Å². The quantitative estimate of drug-likeness (QED) is 0.632. The van der Waals surface area contributed by atoms with Crippen molar-refractivity contribution in [3.63, 3.8) is 0 Å². The van der Waals surface area contributed by atoms with Crippen LogP contribution in [0.4, 0.5) is 17.5 Å². The number of hydrogen-bond acceptors (Lipinski definition) is 7. The molecule has 1 saturated heterocycles. The van der Waals surface area contributed by atoms with Crippen LogP contribution in [0, 0.1) is 11.8 Å². The third-order valence-corrected chi connectivity index (χ3v) is 6.09. The van der Waals surface area contributed by atoms with E-state index in [0.29, 0.717) is 35.0 Å². The summed E-state index contributed by atoms with van der Waals surface area (Å²) >= 11 is 0. The van der Waals surface area contributed by atoms with Gasteiger partial charge in [-0.15, -0.1) is 0 Å². The standard InChI is InChI=1S/C23H29N5O5/c1-12-7-13(2)11-28(10-12)23-26-20-19(22(31)27-23)15(9-18(29)25-20)21(30)24-16-8-14(32-3)5-6-17(16)33-4/h5-6,8,12-13,15H,7,9-11H2,1-4H3,(H,24,30)(H2,25,26,27,29,31)/t12-,13-,15-/m1/s1. The molecule has 1 fully saturated rings. The van der Waals surface area contributed by atoms with Crippen LogP contribution in [0.2, 0.25) is 0 Å². The zero-order valence-corrected chi connectivity index (χ0v) is 19.2. The van der Waals surface area contributed by atoms with Gasteiger partial charge in [0, 0.05) is 25.6 Å². The Morgan fingerprint density at radius 3 is 2.55 bits per heavy atom. The number of aromatic amines is 1. The van der Waals surface area contributed by atoms with Gasteiger partial charge in [0.1, 0.15) is 17.3 Å². The fraction of sp³-hybridized carbons (Fsp3) is 0.478. The highest BCUT2D eigenvalue weighted by molar-refractivity contribution is 6.05. The molecule has 4 rings (SSSR count). The normalized spacial score (nSPS) is 22.2. The van der Waals surface area contributed by atoms with E-state index in [0.717, 1.165) is 19.5 Å². The summed E-state index contributed by atoms with van der Waals surface area (Å²) in [5, 5.41) is 5.44. The van der Waals surface area contributed by atoms with Crippen LogP contribution in [0.25, 0.3) is 0 Å². The second kappa shape index (κ2) is 9.13. The first-order chi connectivity index (χ1) is 15.8. The molecule has 10 heteroatoms. The summed E-state index contributed by atoms with van der Waals surface area (Å²) in [5.41, 5.74) is 0.0983. The van der Waals surface area contributed by atoms with Gasteiger partial charge in [0.05, 0.1) is 31.4 Å². The van der Waals surface area contributed by atoms with Gasteiger partial charge in [0.15, 0.2) is 0 Å². The Hall–Kier alpha value is -3.56. The van der Waals surface area contributed by atoms with E-state index in [-0.39, 0.29) is 23.7 Å². The summed E-state index contributed by atoms with van der Waals surface area (Å²) in [5.74, 6) is 0.558. The topological polar surface area (TPSA) is 126 Å². The Labute approximate surface area is 191 Å². The lowest BCUT2D eigenvalue weighted by molar-refractivity contribution is -0.123.